The maximum Gasteiger partial charge on any atom is 0.250 e. The maximum atomic E-state index is 10.9. The molecule has 0 unspecified atom stereocenters. The minimum absolute atomic E-state index is 0.372. The molecule has 5 heteroatoms. The molecule has 0 spiro atoms. The standard InChI is InChI=1S/C14H12N4O/c15-7-10-2-1-3-11(6-10)8-17-13-5-4-12(9-18-13)14(16)19/h1-6,9H,8H2,(H2,16,19)(H,17,18). The lowest BCUT2D eigenvalue weighted by molar-refractivity contribution is 0.1000. The Morgan fingerprint density at radius 3 is 2.84 bits per heavy atom. The van der Waals surface area contributed by atoms with E-state index in [4.69, 9.17) is 11.0 Å². The number of pyridine rings is 1. The number of anilines is 1. The second-order valence-corrected chi connectivity index (χ2v) is 3.96. The summed E-state index contributed by atoms with van der Waals surface area (Å²) in [6.45, 7) is 0.554. The Balaban J connectivity index is 2.02. The van der Waals surface area contributed by atoms with Crippen LogP contribution < -0.4 is 11.1 Å². The number of nitrogens with one attached hydrogen (secondary N) is 1. The van der Waals surface area contributed by atoms with Crippen LogP contribution in [0.2, 0.25) is 0 Å². The second-order valence-electron chi connectivity index (χ2n) is 3.96. The summed E-state index contributed by atoms with van der Waals surface area (Å²) in [5.74, 6) is 0.146. The molecular weight excluding hydrogens is 240 g/mol. The minimum Gasteiger partial charge on any atom is -0.366 e. The molecule has 0 bridgehead atoms. The summed E-state index contributed by atoms with van der Waals surface area (Å²) in [6, 6.07) is 12.7. The Labute approximate surface area is 110 Å². The summed E-state index contributed by atoms with van der Waals surface area (Å²) in [4.78, 5) is 15.0. The zero-order chi connectivity index (χ0) is 13.7. The lowest BCUT2D eigenvalue weighted by Gasteiger charge is -2.06. The van der Waals surface area contributed by atoms with Crippen LogP contribution in [0.3, 0.4) is 0 Å². The van der Waals surface area contributed by atoms with E-state index >= 15 is 0 Å². The molecule has 0 radical (unpaired) electrons. The Morgan fingerprint density at radius 1 is 1.37 bits per heavy atom. The Bertz CT molecular complexity index is 629. The van der Waals surface area contributed by atoms with Crippen LogP contribution in [0.5, 0.6) is 0 Å². The molecule has 0 atom stereocenters. The van der Waals surface area contributed by atoms with Gasteiger partial charge in [-0.15, -0.1) is 0 Å². The maximum absolute atomic E-state index is 10.9. The van der Waals surface area contributed by atoms with E-state index in [-0.39, 0.29) is 0 Å². The van der Waals surface area contributed by atoms with Gasteiger partial charge in [-0.25, -0.2) is 4.98 Å². The zero-order valence-electron chi connectivity index (χ0n) is 10.1. The average molecular weight is 252 g/mol. The molecule has 0 fully saturated rings. The van der Waals surface area contributed by atoms with Gasteiger partial charge in [0.15, 0.2) is 0 Å². The number of nitriles is 1. The van der Waals surface area contributed by atoms with Crippen molar-refractivity contribution in [3.05, 3.63) is 59.3 Å². The first-order valence-electron chi connectivity index (χ1n) is 5.68. The largest absolute Gasteiger partial charge is 0.366 e. The van der Waals surface area contributed by atoms with Crippen molar-refractivity contribution in [3.8, 4) is 6.07 Å². The molecule has 1 amide bonds. The van der Waals surface area contributed by atoms with Gasteiger partial charge in [-0.1, -0.05) is 12.1 Å². The van der Waals surface area contributed by atoms with E-state index in [9.17, 15) is 4.79 Å². The molecular formula is C14H12N4O. The topological polar surface area (TPSA) is 91.8 Å². The quantitative estimate of drug-likeness (QED) is 0.865. The van der Waals surface area contributed by atoms with Crippen LogP contribution in [0.4, 0.5) is 5.82 Å². The number of benzene rings is 1. The first kappa shape index (κ1) is 12.6. The number of rotatable bonds is 4. The number of aromatic nitrogens is 1. The molecule has 94 valence electrons. The van der Waals surface area contributed by atoms with Crippen molar-refractivity contribution in [1.29, 1.82) is 5.26 Å². The fourth-order valence-corrected chi connectivity index (χ4v) is 1.59. The van der Waals surface area contributed by atoms with E-state index in [0.717, 1.165) is 5.56 Å². The van der Waals surface area contributed by atoms with Gasteiger partial charge in [0.1, 0.15) is 5.82 Å². The number of hydrogen-bond acceptors (Lipinski definition) is 4. The number of amides is 1. The molecule has 19 heavy (non-hydrogen) atoms. The highest BCUT2D eigenvalue weighted by Crippen LogP contribution is 2.09. The highest BCUT2D eigenvalue weighted by molar-refractivity contribution is 5.92. The number of hydrogen-bond donors (Lipinski definition) is 2. The van der Waals surface area contributed by atoms with Gasteiger partial charge >= 0.3 is 0 Å². The van der Waals surface area contributed by atoms with Crippen LogP contribution in [0, 0.1) is 11.3 Å². The van der Waals surface area contributed by atoms with E-state index in [0.29, 0.717) is 23.5 Å². The van der Waals surface area contributed by atoms with Gasteiger partial charge < -0.3 is 11.1 Å². The van der Waals surface area contributed by atoms with Crippen LogP contribution in [0.25, 0.3) is 0 Å². The molecule has 2 aromatic rings. The van der Waals surface area contributed by atoms with Crippen LogP contribution >= 0.6 is 0 Å². The van der Waals surface area contributed by atoms with Crippen molar-refractivity contribution in [2.24, 2.45) is 5.73 Å². The summed E-state index contributed by atoms with van der Waals surface area (Å²) in [6.07, 6.45) is 1.43. The van der Waals surface area contributed by atoms with Gasteiger partial charge in [-0.2, -0.15) is 5.26 Å². The fraction of sp³-hybridized carbons (Fsp3) is 0.0714. The van der Waals surface area contributed by atoms with Crippen LogP contribution in [0.1, 0.15) is 21.5 Å². The molecule has 0 aliphatic heterocycles. The highest BCUT2D eigenvalue weighted by Gasteiger charge is 2.01. The van der Waals surface area contributed by atoms with Crippen LogP contribution in [-0.4, -0.2) is 10.9 Å². The summed E-state index contributed by atoms with van der Waals surface area (Å²) in [7, 11) is 0. The van der Waals surface area contributed by atoms with Crippen LogP contribution in [-0.2, 0) is 6.54 Å². The van der Waals surface area contributed by atoms with Crippen molar-refractivity contribution in [2.75, 3.05) is 5.32 Å². The van der Waals surface area contributed by atoms with Crippen molar-refractivity contribution < 1.29 is 4.79 Å². The average Bonchev–Trinajstić information content (AvgIpc) is 2.46. The van der Waals surface area contributed by atoms with Gasteiger partial charge in [0.05, 0.1) is 17.2 Å². The van der Waals surface area contributed by atoms with E-state index in [1.165, 1.54) is 6.20 Å². The highest BCUT2D eigenvalue weighted by atomic mass is 16.1. The third kappa shape index (κ3) is 3.30. The molecule has 5 nitrogen and oxygen atoms in total. The number of primary amides is 1. The van der Waals surface area contributed by atoms with Crippen molar-refractivity contribution >= 4 is 11.7 Å². The van der Waals surface area contributed by atoms with Gasteiger partial charge in [-0.05, 0) is 29.8 Å². The number of nitrogens with zero attached hydrogens (tertiary/aromatic N) is 2. The van der Waals surface area contributed by atoms with E-state index in [1.54, 1.807) is 18.2 Å². The van der Waals surface area contributed by atoms with Crippen molar-refractivity contribution in [1.82, 2.24) is 4.98 Å². The van der Waals surface area contributed by atoms with E-state index in [2.05, 4.69) is 16.4 Å². The molecule has 1 aromatic heterocycles. The van der Waals surface area contributed by atoms with Crippen molar-refractivity contribution in [2.45, 2.75) is 6.54 Å². The van der Waals surface area contributed by atoms with Gasteiger partial charge in [0, 0.05) is 12.7 Å². The number of nitrogens with two attached hydrogens (primary N) is 1. The van der Waals surface area contributed by atoms with Crippen LogP contribution in [0.15, 0.2) is 42.6 Å². The molecule has 1 heterocycles. The summed E-state index contributed by atoms with van der Waals surface area (Å²) in [5.41, 5.74) is 7.11. The minimum atomic E-state index is -0.499. The Morgan fingerprint density at radius 2 is 2.21 bits per heavy atom. The second kappa shape index (κ2) is 5.65. The molecule has 3 N–H and O–H groups in total. The van der Waals surface area contributed by atoms with Gasteiger partial charge in [-0.3, -0.25) is 4.79 Å². The SMILES string of the molecule is N#Cc1cccc(CNc2ccc(C(N)=O)cn2)c1. The summed E-state index contributed by atoms with van der Waals surface area (Å²) in [5, 5.41) is 11.9. The smallest absolute Gasteiger partial charge is 0.250 e. The number of carbonyl (C=O) groups is 1. The normalized spacial score (nSPS) is 9.63. The molecule has 0 saturated heterocycles. The lowest BCUT2D eigenvalue weighted by atomic mass is 10.1. The molecule has 0 saturated carbocycles. The number of carbonyl (C=O) groups excluding carboxylic acids is 1. The van der Waals surface area contributed by atoms with Gasteiger partial charge in [0.2, 0.25) is 5.91 Å². The third-order valence-corrected chi connectivity index (χ3v) is 2.58. The molecule has 0 aliphatic carbocycles. The lowest BCUT2D eigenvalue weighted by Crippen LogP contribution is -2.11. The van der Waals surface area contributed by atoms with E-state index in [1.807, 2.05) is 18.2 Å². The first-order valence-corrected chi connectivity index (χ1v) is 5.68. The zero-order valence-corrected chi connectivity index (χ0v) is 10.1. The monoisotopic (exact) mass is 252 g/mol. The first-order chi connectivity index (χ1) is 9.19. The molecule has 2 rings (SSSR count). The molecule has 1 aromatic carbocycles. The summed E-state index contributed by atoms with van der Waals surface area (Å²) >= 11 is 0. The predicted octanol–water partition coefficient (Wildman–Crippen LogP) is 1.66. The molecule has 0 aliphatic rings. The Hall–Kier alpha value is -2.87. The summed E-state index contributed by atoms with van der Waals surface area (Å²) < 4.78 is 0. The fourth-order valence-electron chi connectivity index (χ4n) is 1.59. The van der Waals surface area contributed by atoms with Gasteiger partial charge in [0.25, 0.3) is 0 Å². The third-order valence-electron chi connectivity index (χ3n) is 2.58. The van der Waals surface area contributed by atoms with E-state index < -0.39 is 5.91 Å². The van der Waals surface area contributed by atoms with Crippen molar-refractivity contribution in [3.63, 3.8) is 0 Å². The Kier molecular flexibility index (Phi) is 3.74. The predicted molar refractivity (Wildman–Crippen MR) is 71.2 cm³/mol.